The zero-order chi connectivity index (χ0) is 18.3. The molecule has 1 atom stereocenters. The highest BCUT2D eigenvalue weighted by Gasteiger charge is 2.26. The van der Waals surface area contributed by atoms with E-state index in [1.165, 1.54) is 30.1 Å². The van der Waals surface area contributed by atoms with Crippen LogP contribution in [-0.4, -0.2) is 23.1 Å². The lowest BCUT2D eigenvalue weighted by atomic mass is 9.72. The van der Waals surface area contributed by atoms with Crippen LogP contribution in [0.5, 0.6) is 0 Å². The van der Waals surface area contributed by atoms with Gasteiger partial charge in [0.1, 0.15) is 12.2 Å². The summed E-state index contributed by atoms with van der Waals surface area (Å²) in [7, 11) is 0. The maximum absolute atomic E-state index is 11.3. The summed E-state index contributed by atoms with van der Waals surface area (Å²) in [4.78, 5) is 32.6. The molecule has 1 aliphatic rings. The van der Waals surface area contributed by atoms with E-state index in [0.717, 1.165) is 12.0 Å². The molecule has 0 saturated heterocycles. The van der Waals surface area contributed by atoms with Crippen molar-refractivity contribution in [3.8, 4) is 0 Å². The Balaban J connectivity index is 2.83. The van der Waals surface area contributed by atoms with Crippen LogP contribution < -0.4 is 0 Å². The molecule has 4 nitrogen and oxygen atoms in total. The van der Waals surface area contributed by atoms with E-state index in [1.54, 1.807) is 12.2 Å². The van der Waals surface area contributed by atoms with Gasteiger partial charge in [-0.25, -0.2) is 4.79 Å². The summed E-state index contributed by atoms with van der Waals surface area (Å²) in [6.07, 6.45) is 12.6. The first-order chi connectivity index (χ1) is 11.2. The van der Waals surface area contributed by atoms with Crippen molar-refractivity contribution in [1.29, 1.82) is 0 Å². The molecule has 1 rings (SSSR count). The van der Waals surface area contributed by atoms with Gasteiger partial charge >= 0.3 is 5.97 Å². The number of allylic oxidation sites excluding steroid dienone is 8. The third kappa shape index (κ3) is 5.44. The number of hydrogen-bond acceptors (Lipinski definition) is 3. The minimum atomic E-state index is -1.60. The van der Waals surface area contributed by atoms with Gasteiger partial charge in [-0.3, -0.25) is 4.79 Å². The van der Waals surface area contributed by atoms with E-state index in [4.69, 9.17) is 5.11 Å². The Morgan fingerprint density at radius 3 is 2.50 bits per heavy atom. The van der Waals surface area contributed by atoms with Gasteiger partial charge in [0.15, 0.2) is 0 Å². The van der Waals surface area contributed by atoms with Crippen LogP contribution >= 0.6 is 0 Å². The predicted molar refractivity (Wildman–Crippen MR) is 94.6 cm³/mol. The second kappa shape index (κ2) is 8.57. The molecule has 1 unspecified atom stereocenters. The fourth-order valence-electron chi connectivity index (χ4n) is 2.94. The molecule has 1 N–H and O–H groups in total. The van der Waals surface area contributed by atoms with Crippen LogP contribution in [0.15, 0.2) is 47.1 Å². The molecule has 0 bridgehead atoms. The van der Waals surface area contributed by atoms with Crippen molar-refractivity contribution in [3.63, 3.8) is 0 Å². The van der Waals surface area contributed by atoms with E-state index in [1.807, 2.05) is 13.0 Å². The van der Waals surface area contributed by atoms with Crippen molar-refractivity contribution in [2.24, 2.45) is 11.3 Å². The molecule has 24 heavy (non-hydrogen) atoms. The Bertz CT molecular complexity index is 630. The summed E-state index contributed by atoms with van der Waals surface area (Å²) in [5.74, 6) is -3.95. The zero-order valence-electron chi connectivity index (χ0n) is 14.8. The molecule has 0 aromatic carbocycles. The average Bonchev–Trinajstić information content (AvgIpc) is 2.49. The molecule has 0 amide bonds. The molecular formula is C20H26O4. The number of aldehydes is 1. The van der Waals surface area contributed by atoms with Gasteiger partial charge in [-0.15, -0.1) is 0 Å². The number of rotatable bonds is 7. The molecule has 0 aliphatic heterocycles. The van der Waals surface area contributed by atoms with E-state index < -0.39 is 17.7 Å². The predicted octanol–water partition coefficient (Wildman–Crippen LogP) is 4.04. The summed E-state index contributed by atoms with van der Waals surface area (Å²) in [6, 6.07) is 0. The number of ketones is 1. The van der Waals surface area contributed by atoms with Crippen molar-refractivity contribution in [3.05, 3.63) is 47.1 Å². The van der Waals surface area contributed by atoms with E-state index in [9.17, 15) is 14.4 Å². The Hall–Kier alpha value is -2.23. The molecule has 0 spiro atoms. The Morgan fingerprint density at radius 2 is 1.96 bits per heavy atom. The lowest BCUT2D eigenvalue weighted by Gasteiger charge is -2.32. The minimum Gasteiger partial charge on any atom is -0.475 e. The van der Waals surface area contributed by atoms with Crippen molar-refractivity contribution >= 4 is 18.0 Å². The number of aliphatic carboxylic acids is 1. The van der Waals surface area contributed by atoms with Crippen molar-refractivity contribution in [2.75, 3.05) is 0 Å². The second-order valence-electron chi connectivity index (χ2n) is 6.89. The van der Waals surface area contributed by atoms with E-state index >= 15 is 0 Å². The topological polar surface area (TPSA) is 71.4 Å². The van der Waals surface area contributed by atoms with Crippen molar-refractivity contribution in [1.82, 2.24) is 0 Å². The largest absolute Gasteiger partial charge is 0.475 e. The van der Waals surface area contributed by atoms with E-state index in [2.05, 4.69) is 26.8 Å². The lowest BCUT2D eigenvalue weighted by Crippen LogP contribution is -2.22. The van der Waals surface area contributed by atoms with Gasteiger partial charge in [-0.2, -0.15) is 0 Å². The second-order valence-corrected chi connectivity index (χ2v) is 6.89. The van der Waals surface area contributed by atoms with Gasteiger partial charge in [0.2, 0.25) is 0 Å². The van der Waals surface area contributed by atoms with Gasteiger partial charge in [0, 0.05) is 0 Å². The fraction of sp³-hybridized carbons (Fsp3) is 0.450. The van der Waals surface area contributed by atoms with Crippen LogP contribution in [-0.2, 0) is 14.4 Å². The number of carboxylic acids is 1. The molecule has 0 heterocycles. The normalized spacial score (nSPS) is 19.8. The third-order valence-electron chi connectivity index (χ3n) is 4.39. The Morgan fingerprint density at radius 1 is 1.29 bits per heavy atom. The average molecular weight is 330 g/mol. The molecular weight excluding hydrogens is 304 g/mol. The van der Waals surface area contributed by atoms with Gasteiger partial charge in [-0.05, 0) is 44.1 Å². The first-order valence-corrected chi connectivity index (χ1v) is 8.15. The first-order valence-electron chi connectivity index (χ1n) is 8.15. The Kier molecular flexibility index (Phi) is 7.08. The van der Waals surface area contributed by atoms with Gasteiger partial charge in [-0.1, -0.05) is 55.4 Å². The summed E-state index contributed by atoms with van der Waals surface area (Å²) in [6.45, 7) is 8.59. The van der Waals surface area contributed by atoms with E-state index in [-0.39, 0.29) is 5.41 Å². The molecule has 0 aromatic rings. The number of carboxylic acid groups (broad SMARTS) is 1. The monoisotopic (exact) mass is 330 g/mol. The summed E-state index contributed by atoms with van der Waals surface area (Å²) in [5.41, 5.74) is 3.91. The summed E-state index contributed by atoms with van der Waals surface area (Å²) in [5, 5.41) is 8.62. The van der Waals surface area contributed by atoms with Gasteiger partial charge in [0.05, 0.1) is 0 Å². The highest BCUT2D eigenvalue weighted by molar-refractivity contribution is 6.36. The molecule has 0 aromatic heterocycles. The number of hydrogen-bond donors (Lipinski definition) is 1. The standard InChI is InChI=1S/C20H26O4/c1-14(7-5-9-16(13-21)18(22)19(23)24)10-11-17-15(2)8-6-12-20(17,3)4/h5,7,9-11,13,16H,6,8,12H2,1-4H3,(H,23,24). The Labute approximate surface area is 143 Å². The fourth-order valence-corrected chi connectivity index (χ4v) is 2.94. The number of Topliss-reactive ketones (excluding diaryl/α,β-unsaturated/α-hetero) is 1. The molecule has 1 aliphatic carbocycles. The SMILES string of the molecule is CC(C=CC1=C(C)CCCC1(C)C)=CC=CC(C=O)C(=O)C(=O)O. The molecule has 0 saturated carbocycles. The molecule has 4 heteroatoms. The summed E-state index contributed by atoms with van der Waals surface area (Å²) < 4.78 is 0. The van der Waals surface area contributed by atoms with Crippen LogP contribution in [0.1, 0.15) is 47.0 Å². The molecule has 130 valence electrons. The number of carbonyl (C=O) groups is 3. The van der Waals surface area contributed by atoms with Crippen LogP contribution in [0.4, 0.5) is 0 Å². The first kappa shape index (κ1) is 19.8. The number of carbonyl (C=O) groups excluding carboxylic acids is 2. The van der Waals surface area contributed by atoms with Crippen LogP contribution in [0.25, 0.3) is 0 Å². The maximum atomic E-state index is 11.3. The highest BCUT2D eigenvalue weighted by atomic mass is 16.4. The van der Waals surface area contributed by atoms with Gasteiger partial charge < -0.3 is 9.90 Å². The zero-order valence-corrected chi connectivity index (χ0v) is 14.8. The van der Waals surface area contributed by atoms with Crippen molar-refractivity contribution < 1.29 is 19.5 Å². The third-order valence-corrected chi connectivity index (χ3v) is 4.39. The van der Waals surface area contributed by atoms with Crippen LogP contribution in [0.3, 0.4) is 0 Å². The van der Waals surface area contributed by atoms with Crippen molar-refractivity contribution in [2.45, 2.75) is 47.0 Å². The smallest absolute Gasteiger partial charge is 0.373 e. The minimum absolute atomic E-state index is 0.172. The molecule has 0 fully saturated rings. The molecule has 0 radical (unpaired) electrons. The quantitative estimate of drug-likeness (QED) is 0.331. The lowest BCUT2D eigenvalue weighted by molar-refractivity contribution is -0.151. The van der Waals surface area contributed by atoms with Crippen LogP contribution in [0, 0.1) is 11.3 Å². The van der Waals surface area contributed by atoms with Gasteiger partial charge in [0.25, 0.3) is 5.78 Å². The van der Waals surface area contributed by atoms with Crippen LogP contribution in [0.2, 0.25) is 0 Å². The van der Waals surface area contributed by atoms with E-state index in [0.29, 0.717) is 6.29 Å². The highest BCUT2D eigenvalue weighted by Crippen LogP contribution is 2.40. The maximum Gasteiger partial charge on any atom is 0.373 e. The summed E-state index contributed by atoms with van der Waals surface area (Å²) >= 11 is 0.